The molecule has 0 spiro atoms. The molecule has 8 nitrogen and oxygen atoms in total. The molecule has 0 unspecified atom stereocenters. The van der Waals surface area contributed by atoms with E-state index < -0.39 is 10.2 Å². The number of aromatic nitrogens is 2. The molecule has 2 heterocycles. The van der Waals surface area contributed by atoms with E-state index in [4.69, 9.17) is 11.1 Å². The van der Waals surface area contributed by atoms with Gasteiger partial charge in [-0.1, -0.05) is 6.92 Å². The van der Waals surface area contributed by atoms with Gasteiger partial charge in [0.25, 0.3) is 0 Å². The second-order valence-electron chi connectivity index (χ2n) is 4.76. The van der Waals surface area contributed by atoms with Crippen molar-refractivity contribution in [1.82, 2.24) is 14.5 Å². The largest absolute Gasteiger partial charge is 0.384 e. The minimum atomic E-state index is -3.63. The van der Waals surface area contributed by atoms with Crippen LogP contribution in [0.2, 0.25) is 0 Å². The van der Waals surface area contributed by atoms with Crippen molar-refractivity contribution in [2.24, 2.45) is 11.7 Å². The molecule has 0 aliphatic carbocycles. The summed E-state index contributed by atoms with van der Waals surface area (Å²) in [5.74, 6) is 0.441. The summed E-state index contributed by atoms with van der Waals surface area (Å²) < 4.78 is 28.2. The van der Waals surface area contributed by atoms with E-state index in [1.807, 2.05) is 0 Å². The van der Waals surface area contributed by atoms with Crippen LogP contribution in [0.15, 0.2) is 6.20 Å². The highest BCUT2D eigenvalue weighted by Gasteiger charge is 2.27. The number of H-pyrrole nitrogens is 1. The van der Waals surface area contributed by atoms with Crippen LogP contribution in [-0.2, 0) is 10.2 Å². The minimum Gasteiger partial charge on any atom is -0.384 e. The number of amidine groups is 1. The van der Waals surface area contributed by atoms with E-state index in [1.54, 1.807) is 0 Å². The van der Waals surface area contributed by atoms with Gasteiger partial charge in [-0.3, -0.25) is 15.2 Å². The number of nitrogens with one attached hydrogen (secondary N) is 3. The molecule has 1 fully saturated rings. The highest BCUT2D eigenvalue weighted by atomic mass is 32.2. The van der Waals surface area contributed by atoms with Crippen molar-refractivity contribution in [2.75, 3.05) is 17.8 Å². The summed E-state index contributed by atoms with van der Waals surface area (Å²) in [5.41, 5.74) is 5.59. The zero-order valence-corrected chi connectivity index (χ0v) is 11.5. The average molecular weight is 286 g/mol. The van der Waals surface area contributed by atoms with Crippen molar-refractivity contribution in [1.29, 1.82) is 5.41 Å². The maximum atomic E-state index is 12.2. The molecule has 5 N–H and O–H groups in total. The third kappa shape index (κ3) is 3.04. The van der Waals surface area contributed by atoms with Crippen LogP contribution >= 0.6 is 0 Å². The third-order valence-electron chi connectivity index (χ3n) is 3.24. The van der Waals surface area contributed by atoms with Gasteiger partial charge in [0.2, 0.25) is 0 Å². The molecule has 0 atom stereocenters. The van der Waals surface area contributed by atoms with Crippen molar-refractivity contribution in [3.63, 3.8) is 0 Å². The van der Waals surface area contributed by atoms with Crippen molar-refractivity contribution < 1.29 is 8.42 Å². The number of nitrogens with zero attached hydrogens (tertiary/aromatic N) is 2. The molecule has 1 saturated heterocycles. The smallest absolute Gasteiger partial charge is 0.302 e. The van der Waals surface area contributed by atoms with E-state index in [-0.39, 0.29) is 17.2 Å². The Morgan fingerprint density at radius 1 is 1.58 bits per heavy atom. The second kappa shape index (κ2) is 5.17. The van der Waals surface area contributed by atoms with Gasteiger partial charge in [-0.2, -0.15) is 17.8 Å². The number of nitrogen functional groups attached to an aromatic ring is 1. The van der Waals surface area contributed by atoms with Crippen LogP contribution in [-0.4, -0.2) is 41.8 Å². The Balaban J connectivity index is 2.13. The summed E-state index contributed by atoms with van der Waals surface area (Å²) in [6.45, 7) is 3.11. The Morgan fingerprint density at radius 2 is 2.21 bits per heavy atom. The Hall–Kier alpha value is -1.61. The highest BCUT2D eigenvalue weighted by Crippen LogP contribution is 2.20. The SMILES string of the molecule is CC1CCN(S(=O)(=O)Nc2[nH]ncc2C(=N)N)CC1. The molecule has 1 aromatic heterocycles. The topological polar surface area (TPSA) is 128 Å². The second-order valence-corrected chi connectivity index (χ2v) is 6.43. The Bertz CT molecular complexity index is 558. The fourth-order valence-electron chi connectivity index (χ4n) is 1.99. The number of nitrogens with two attached hydrogens (primary N) is 1. The van der Waals surface area contributed by atoms with Gasteiger partial charge in [-0.25, -0.2) is 0 Å². The van der Waals surface area contributed by atoms with E-state index >= 15 is 0 Å². The van der Waals surface area contributed by atoms with E-state index in [9.17, 15) is 8.42 Å². The summed E-state index contributed by atoms with van der Waals surface area (Å²) in [6.07, 6.45) is 3.02. The standard InChI is InChI=1S/C10H18N6O2S/c1-7-2-4-16(5-3-7)19(17,18)15-10-8(9(11)12)6-13-14-10/h6-7H,2-5H2,1H3,(H3,11,12)(H2,13,14,15). The van der Waals surface area contributed by atoms with Crippen molar-refractivity contribution >= 4 is 21.9 Å². The first-order valence-corrected chi connectivity index (χ1v) is 7.50. The lowest BCUT2D eigenvalue weighted by Crippen LogP contribution is -2.41. The molecule has 9 heteroatoms. The van der Waals surface area contributed by atoms with Gasteiger partial charge in [0.15, 0.2) is 0 Å². The maximum absolute atomic E-state index is 12.2. The van der Waals surface area contributed by atoms with Crippen LogP contribution < -0.4 is 10.5 Å². The number of hydrogen-bond donors (Lipinski definition) is 4. The van der Waals surface area contributed by atoms with Gasteiger partial charge in [0, 0.05) is 13.1 Å². The first-order chi connectivity index (χ1) is 8.90. The quantitative estimate of drug-likeness (QED) is 0.461. The van der Waals surface area contributed by atoms with E-state index in [0.717, 1.165) is 12.8 Å². The van der Waals surface area contributed by atoms with Crippen LogP contribution in [0.5, 0.6) is 0 Å². The summed E-state index contributed by atoms with van der Waals surface area (Å²) in [5, 5.41) is 13.5. The van der Waals surface area contributed by atoms with Crippen molar-refractivity contribution in [3.05, 3.63) is 11.8 Å². The van der Waals surface area contributed by atoms with E-state index in [0.29, 0.717) is 19.0 Å². The lowest BCUT2D eigenvalue weighted by Gasteiger charge is -2.29. The predicted octanol–water partition coefficient (Wildman–Crippen LogP) is 0.0824. The molecule has 0 bridgehead atoms. The minimum absolute atomic E-state index is 0.131. The van der Waals surface area contributed by atoms with Gasteiger partial charge in [0.05, 0.1) is 11.8 Å². The van der Waals surface area contributed by atoms with E-state index in [1.165, 1.54) is 10.5 Å². The summed E-state index contributed by atoms with van der Waals surface area (Å²) >= 11 is 0. The zero-order valence-electron chi connectivity index (χ0n) is 10.7. The molecular weight excluding hydrogens is 268 g/mol. The molecule has 19 heavy (non-hydrogen) atoms. The number of hydrogen-bond acceptors (Lipinski definition) is 4. The first-order valence-electron chi connectivity index (χ1n) is 6.06. The van der Waals surface area contributed by atoms with Gasteiger partial charge in [0.1, 0.15) is 11.7 Å². The van der Waals surface area contributed by atoms with Crippen LogP contribution in [0, 0.1) is 11.3 Å². The Labute approximate surface area is 112 Å². The predicted molar refractivity (Wildman–Crippen MR) is 72.1 cm³/mol. The first kappa shape index (κ1) is 13.8. The number of anilines is 1. The van der Waals surface area contributed by atoms with E-state index in [2.05, 4.69) is 21.8 Å². The van der Waals surface area contributed by atoms with Crippen molar-refractivity contribution in [2.45, 2.75) is 19.8 Å². The van der Waals surface area contributed by atoms with Gasteiger partial charge in [-0.05, 0) is 18.8 Å². The molecule has 1 aliphatic heterocycles. The zero-order chi connectivity index (χ0) is 14.0. The monoisotopic (exact) mass is 286 g/mol. The summed E-state index contributed by atoms with van der Waals surface area (Å²) in [7, 11) is -3.63. The molecule has 1 aliphatic rings. The average Bonchev–Trinajstić information content (AvgIpc) is 2.77. The molecule has 1 aromatic rings. The number of aromatic amines is 1. The Kier molecular flexibility index (Phi) is 3.76. The molecule has 106 valence electrons. The number of rotatable bonds is 4. The molecular formula is C10H18N6O2S. The molecule has 2 rings (SSSR count). The van der Waals surface area contributed by atoms with Crippen LogP contribution in [0.25, 0.3) is 0 Å². The van der Waals surface area contributed by atoms with Gasteiger partial charge >= 0.3 is 10.2 Å². The Morgan fingerprint density at radius 3 is 2.79 bits per heavy atom. The van der Waals surface area contributed by atoms with Crippen LogP contribution in [0.1, 0.15) is 25.3 Å². The lowest BCUT2D eigenvalue weighted by atomic mass is 10.0. The normalized spacial score (nSPS) is 18.4. The molecule has 0 amide bonds. The molecule has 0 aromatic carbocycles. The summed E-state index contributed by atoms with van der Waals surface area (Å²) in [4.78, 5) is 0. The van der Waals surface area contributed by atoms with Crippen LogP contribution in [0.4, 0.5) is 5.82 Å². The highest BCUT2D eigenvalue weighted by molar-refractivity contribution is 7.90. The van der Waals surface area contributed by atoms with Gasteiger partial charge in [-0.15, -0.1) is 0 Å². The molecule has 0 radical (unpaired) electrons. The lowest BCUT2D eigenvalue weighted by molar-refractivity contribution is 0.289. The van der Waals surface area contributed by atoms with Crippen LogP contribution in [0.3, 0.4) is 0 Å². The fraction of sp³-hybridized carbons (Fsp3) is 0.600. The fourth-order valence-corrected chi connectivity index (χ4v) is 3.22. The maximum Gasteiger partial charge on any atom is 0.302 e. The van der Waals surface area contributed by atoms with Gasteiger partial charge < -0.3 is 5.73 Å². The van der Waals surface area contributed by atoms with Crippen molar-refractivity contribution in [3.8, 4) is 0 Å². The summed E-state index contributed by atoms with van der Waals surface area (Å²) in [6, 6.07) is 0. The molecule has 0 saturated carbocycles. The number of piperidine rings is 1. The third-order valence-corrected chi connectivity index (χ3v) is 4.75.